The number of ether oxygens (including phenoxy) is 1. The Morgan fingerprint density at radius 3 is 2.38 bits per heavy atom. The van der Waals surface area contributed by atoms with E-state index in [4.69, 9.17) is 4.74 Å². The lowest BCUT2D eigenvalue weighted by Gasteiger charge is -2.35. The number of carbonyl (C=O) groups is 1. The molecule has 0 bridgehead atoms. The van der Waals surface area contributed by atoms with Gasteiger partial charge in [0.25, 0.3) is 11.5 Å². The zero-order chi connectivity index (χ0) is 17.1. The Morgan fingerprint density at radius 2 is 1.79 bits per heavy atom. The molecule has 24 heavy (non-hydrogen) atoms. The van der Waals surface area contributed by atoms with Crippen molar-refractivity contribution in [2.45, 2.75) is 0 Å². The van der Waals surface area contributed by atoms with E-state index in [0.717, 1.165) is 11.4 Å². The van der Waals surface area contributed by atoms with E-state index in [-0.39, 0.29) is 5.69 Å². The number of aromatic nitrogens is 3. The number of hydrogen-bond donors (Lipinski definition) is 2. The number of methoxy groups -OCH3 is 1. The number of aromatic amines is 2. The van der Waals surface area contributed by atoms with Gasteiger partial charge in [-0.25, -0.2) is 9.89 Å². The van der Waals surface area contributed by atoms with Gasteiger partial charge < -0.3 is 14.5 Å². The standard InChI is InChI=1S/C15H17N5O4/c1-24-11-4-2-10(3-5-11)19-6-8-20(9-7-19)14(22)12-13(21)16-15(23)18-17-12/h2-5H,6-9H2,1H3,(H2,16,18,21,23). The molecular formula is C15H17N5O4. The van der Waals surface area contributed by atoms with Crippen molar-refractivity contribution in [3.8, 4) is 5.75 Å². The number of hydrogen-bond acceptors (Lipinski definition) is 6. The normalized spacial score (nSPS) is 14.5. The van der Waals surface area contributed by atoms with Gasteiger partial charge in [-0.1, -0.05) is 0 Å². The van der Waals surface area contributed by atoms with Gasteiger partial charge in [-0.15, -0.1) is 0 Å². The topological polar surface area (TPSA) is 111 Å². The van der Waals surface area contributed by atoms with Crippen LogP contribution in [0.5, 0.6) is 5.75 Å². The van der Waals surface area contributed by atoms with E-state index >= 15 is 0 Å². The Kier molecular flexibility index (Phi) is 4.32. The van der Waals surface area contributed by atoms with Gasteiger partial charge in [-0.3, -0.25) is 14.6 Å². The number of nitrogens with one attached hydrogen (secondary N) is 2. The highest BCUT2D eigenvalue weighted by Crippen LogP contribution is 2.20. The second-order valence-corrected chi connectivity index (χ2v) is 5.33. The third-order valence-electron chi connectivity index (χ3n) is 3.92. The Morgan fingerprint density at radius 1 is 1.12 bits per heavy atom. The lowest BCUT2D eigenvalue weighted by atomic mass is 10.2. The molecule has 0 unspecified atom stereocenters. The number of carbonyl (C=O) groups excluding carboxylic acids is 1. The van der Waals surface area contributed by atoms with Gasteiger partial charge in [0.2, 0.25) is 5.69 Å². The first-order chi connectivity index (χ1) is 11.6. The van der Waals surface area contributed by atoms with Crippen molar-refractivity contribution in [1.82, 2.24) is 20.1 Å². The minimum atomic E-state index is -0.777. The van der Waals surface area contributed by atoms with Crippen molar-refractivity contribution >= 4 is 11.6 Å². The molecule has 1 aromatic heterocycles. The second kappa shape index (κ2) is 6.57. The minimum Gasteiger partial charge on any atom is -0.497 e. The van der Waals surface area contributed by atoms with Crippen LogP contribution in [0.3, 0.4) is 0 Å². The van der Waals surface area contributed by atoms with Gasteiger partial charge in [0.1, 0.15) is 5.75 Å². The van der Waals surface area contributed by atoms with Crippen LogP contribution < -0.4 is 20.9 Å². The third-order valence-corrected chi connectivity index (χ3v) is 3.92. The fraction of sp³-hybridized carbons (Fsp3) is 0.333. The summed E-state index contributed by atoms with van der Waals surface area (Å²) in [5.74, 6) is 0.304. The number of benzene rings is 1. The number of rotatable bonds is 3. The summed E-state index contributed by atoms with van der Waals surface area (Å²) in [4.78, 5) is 40.7. The molecule has 0 saturated carbocycles. The maximum Gasteiger partial charge on any atom is 0.342 e. The van der Waals surface area contributed by atoms with E-state index in [0.29, 0.717) is 26.2 Å². The summed E-state index contributed by atoms with van der Waals surface area (Å²) in [6, 6.07) is 7.70. The van der Waals surface area contributed by atoms with Crippen molar-refractivity contribution in [3.63, 3.8) is 0 Å². The first kappa shape index (κ1) is 15.8. The molecule has 2 N–H and O–H groups in total. The van der Waals surface area contributed by atoms with E-state index in [1.165, 1.54) is 0 Å². The highest BCUT2D eigenvalue weighted by Gasteiger charge is 2.25. The average Bonchev–Trinajstić information content (AvgIpc) is 2.61. The number of H-pyrrole nitrogens is 2. The predicted octanol–water partition coefficient (Wildman–Crippen LogP) is -0.571. The SMILES string of the molecule is COc1ccc(N2CCN(C(=O)c3n[nH]c(=O)[nH]c3=O)CC2)cc1. The largest absolute Gasteiger partial charge is 0.497 e. The number of piperazine rings is 1. The van der Waals surface area contributed by atoms with E-state index in [1.54, 1.807) is 12.0 Å². The molecule has 1 aliphatic rings. The molecule has 3 rings (SSSR count). The fourth-order valence-corrected chi connectivity index (χ4v) is 2.60. The molecule has 0 aliphatic carbocycles. The van der Waals surface area contributed by atoms with Gasteiger partial charge in [0, 0.05) is 31.9 Å². The first-order valence-electron chi connectivity index (χ1n) is 7.46. The van der Waals surface area contributed by atoms with E-state index in [9.17, 15) is 14.4 Å². The van der Waals surface area contributed by atoms with Crippen molar-refractivity contribution in [2.75, 3.05) is 38.2 Å². The summed E-state index contributed by atoms with van der Waals surface area (Å²) in [5.41, 5.74) is -0.766. The molecule has 9 nitrogen and oxygen atoms in total. The summed E-state index contributed by atoms with van der Waals surface area (Å²) < 4.78 is 5.14. The maximum absolute atomic E-state index is 12.3. The Balaban J connectivity index is 1.66. The molecule has 1 amide bonds. The Labute approximate surface area is 136 Å². The Hall–Kier alpha value is -3.10. The number of amides is 1. The quantitative estimate of drug-likeness (QED) is 0.779. The molecule has 2 aromatic rings. The second-order valence-electron chi connectivity index (χ2n) is 5.33. The smallest absolute Gasteiger partial charge is 0.342 e. The van der Waals surface area contributed by atoms with Crippen molar-refractivity contribution < 1.29 is 9.53 Å². The summed E-state index contributed by atoms with van der Waals surface area (Å²) in [6.45, 7) is 2.20. The zero-order valence-electron chi connectivity index (χ0n) is 13.1. The van der Waals surface area contributed by atoms with Crippen LogP contribution in [-0.2, 0) is 0 Å². The van der Waals surface area contributed by atoms with Crippen LogP contribution in [0, 0.1) is 0 Å². The zero-order valence-corrected chi connectivity index (χ0v) is 13.1. The van der Waals surface area contributed by atoms with Crippen molar-refractivity contribution in [1.29, 1.82) is 0 Å². The van der Waals surface area contributed by atoms with E-state index in [1.807, 2.05) is 29.2 Å². The van der Waals surface area contributed by atoms with Crippen molar-refractivity contribution in [3.05, 3.63) is 50.8 Å². The lowest BCUT2D eigenvalue weighted by molar-refractivity contribution is 0.0737. The van der Waals surface area contributed by atoms with Gasteiger partial charge in [-0.2, -0.15) is 5.10 Å². The number of nitrogens with zero attached hydrogens (tertiary/aromatic N) is 3. The first-order valence-corrected chi connectivity index (χ1v) is 7.46. The molecule has 1 saturated heterocycles. The van der Waals surface area contributed by atoms with Crippen LogP contribution in [0.25, 0.3) is 0 Å². The number of anilines is 1. The minimum absolute atomic E-state index is 0.299. The van der Waals surface area contributed by atoms with E-state index in [2.05, 4.69) is 15.1 Å². The molecule has 1 aliphatic heterocycles. The molecule has 0 spiro atoms. The highest BCUT2D eigenvalue weighted by molar-refractivity contribution is 5.91. The summed E-state index contributed by atoms with van der Waals surface area (Å²) in [7, 11) is 1.62. The molecule has 2 heterocycles. The van der Waals surface area contributed by atoms with Crippen LogP contribution >= 0.6 is 0 Å². The average molecular weight is 331 g/mol. The Bertz CT molecular complexity index is 834. The van der Waals surface area contributed by atoms with Gasteiger partial charge in [0.15, 0.2) is 0 Å². The third kappa shape index (κ3) is 3.14. The molecule has 0 atom stereocenters. The molecule has 1 fully saturated rings. The van der Waals surface area contributed by atoms with Crippen LogP contribution in [0.1, 0.15) is 10.5 Å². The van der Waals surface area contributed by atoms with Gasteiger partial charge in [0.05, 0.1) is 7.11 Å². The summed E-state index contributed by atoms with van der Waals surface area (Å²) >= 11 is 0. The summed E-state index contributed by atoms with van der Waals surface area (Å²) in [6.07, 6.45) is 0. The molecular weight excluding hydrogens is 314 g/mol. The van der Waals surface area contributed by atoms with E-state index < -0.39 is 17.2 Å². The van der Waals surface area contributed by atoms with Crippen LogP contribution in [0.2, 0.25) is 0 Å². The predicted molar refractivity (Wildman–Crippen MR) is 86.6 cm³/mol. The molecule has 1 aromatic carbocycles. The lowest BCUT2D eigenvalue weighted by Crippen LogP contribution is -2.50. The van der Waals surface area contributed by atoms with Crippen molar-refractivity contribution in [2.24, 2.45) is 0 Å². The molecule has 9 heteroatoms. The maximum atomic E-state index is 12.3. The highest BCUT2D eigenvalue weighted by atomic mass is 16.5. The summed E-state index contributed by atoms with van der Waals surface area (Å²) in [5, 5.41) is 5.62. The molecule has 126 valence electrons. The fourth-order valence-electron chi connectivity index (χ4n) is 2.60. The van der Waals surface area contributed by atoms with Crippen LogP contribution in [0.15, 0.2) is 33.9 Å². The van der Waals surface area contributed by atoms with Gasteiger partial charge in [-0.05, 0) is 24.3 Å². The van der Waals surface area contributed by atoms with Crippen LogP contribution in [0.4, 0.5) is 5.69 Å². The monoisotopic (exact) mass is 331 g/mol. The van der Waals surface area contributed by atoms with Gasteiger partial charge >= 0.3 is 5.69 Å². The molecule has 0 radical (unpaired) electrons. The van der Waals surface area contributed by atoms with Crippen LogP contribution in [-0.4, -0.2) is 59.3 Å².